The quantitative estimate of drug-likeness (QED) is 0.761. The molecule has 1 aromatic heterocycles. The van der Waals surface area contributed by atoms with Gasteiger partial charge in [-0.3, -0.25) is 9.59 Å². The van der Waals surface area contributed by atoms with Crippen molar-refractivity contribution in [3.63, 3.8) is 0 Å². The Morgan fingerprint density at radius 3 is 2.96 bits per heavy atom. The number of fused-ring (bicyclic) bond motifs is 1. The fourth-order valence-corrected chi connectivity index (χ4v) is 4.49. The number of carbonyl (C=O) groups is 2. The third kappa shape index (κ3) is 4.34. The molecule has 9 heteroatoms. The molecule has 1 aromatic carbocycles. The van der Waals surface area contributed by atoms with E-state index in [1.54, 1.807) is 4.90 Å². The zero-order chi connectivity index (χ0) is 18.7. The van der Waals surface area contributed by atoms with E-state index in [0.717, 1.165) is 15.2 Å². The summed E-state index contributed by atoms with van der Waals surface area (Å²) in [5.41, 5.74) is 1.40. The summed E-state index contributed by atoms with van der Waals surface area (Å²) in [5.74, 6) is 0.102. The van der Waals surface area contributed by atoms with Gasteiger partial charge in [0.1, 0.15) is 0 Å². The van der Waals surface area contributed by atoms with Crippen LogP contribution in [-0.2, 0) is 9.59 Å². The summed E-state index contributed by atoms with van der Waals surface area (Å²) in [6.45, 7) is 5.95. The van der Waals surface area contributed by atoms with Crippen molar-refractivity contribution < 1.29 is 9.59 Å². The first-order valence-corrected chi connectivity index (χ1v) is 10.2. The molecule has 2 aromatic rings. The first kappa shape index (κ1) is 18.7. The van der Waals surface area contributed by atoms with Crippen LogP contribution in [0.15, 0.2) is 28.6 Å². The van der Waals surface area contributed by atoms with E-state index in [0.29, 0.717) is 5.69 Å². The van der Waals surface area contributed by atoms with E-state index in [1.807, 2.05) is 45.0 Å². The largest absolute Gasteiger partial charge is 0.358 e. The Labute approximate surface area is 160 Å². The average molecular weight is 392 g/mol. The van der Waals surface area contributed by atoms with Gasteiger partial charge < -0.3 is 15.5 Å². The van der Waals surface area contributed by atoms with Gasteiger partial charge >= 0.3 is 0 Å². The van der Waals surface area contributed by atoms with Crippen LogP contribution in [0.25, 0.3) is 0 Å². The molecular formula is C17H21N5O2S2. The Kier molecular flexibility index (Phi) is 5.77. The van der Waals surface area contributed by atoms with Crippen molar-refractivity contribution >= 4 is 51.4 Å². The highest BCUT2D eigenvalue weighted by molar-refractivity contribution is 8.01. The van der Waals surface area contributed by atoms with E-state index in [4.69, 9.17) is 0 Å². The maximum Gasteiger partial charge on any atom is 0.237 e. The second-order valence-electron chi connectivity index (χ2n) is 6.34. The molecule has 0 spiro atoms. The monoisotopic (exact) mass is 391 g/mol. The highest BCUT2D eigenvalue weighted by Gasteiger charge is 2.29. The molecule has 0 saturated heterocycles. The van der Waals surface area contributed by atoms with Crippen molar-refractivity contribution in [3.05, 3.63) is 24.3 Å². The Morgan fingerprint density at radius 2 is 2.19 bits per heavy atom. The Bertz CT molecular complexity index is 808. The predicted octanol–water partition coefficient (Wildman–Crippen LogP) is 3.21. The molecule has 0 unspecified atom stereocenters. The van der Waals surface area contributed by atoms with Crippen LogP contribution < -0.4 is 15.5 Å². The Morgan fingerprint density at radius 1 is 1.42 bits per heavy atom. The molecule has 0 saturated carbocycles. The van der Waals surface area contributed by atoms with Gasteiger partial charge in [0.15, 0.2) is 4.34 Å². The minimum absolute atomic E-state index is 0.0555. The summed E-state index contributed by atoms with van der Waals surface area (Å²) in [7, 11) is 0. The van der Waals surface area contributed by atoms with Crippen molar-refractivity contribution in [1.29, 1.82) is 0 Å². The lowest BCUT2D eigenvalue weighted by molar-refractivity contribution is -0.117. The Hall–Kier alpha value is -2.13. The molecule has 1 aliphatic rings. The van der Waals surface area contributed by atoms with E-state index in [9.17, 15) is 9.59 Å². The third-order valence-corrected chi connectivity index (χ3v) is 5.74. The van der Waals surface area contributed by atoms with Crippen molar-refractivity contribution in [1.82, 2.24) is 10.2 Å². The number of thioether (sulfide) groups is 1. The first-order valence-electron chi connectivity index (χ1n) is 8.38. The van der Waals surface area contributed by atoms with E-state index in [1.165, 1.54) is 23.1 Å². The molecule has 7 nitrogen and oxygen atoms in total. The molecule has 2 heterocycles. The van der Waals surface area contributed by atoms with Gasteiger partial charge in [-0.05, 0) is 32.9 Å². The molecule has 0 radical (unpaired) electrons. The number of hydrogen-bond acceptors (Lipinski definition) is 7. The van der Waals surface area contributed by atoms with Gasteiger partial charge in [-0.1, -0.05) is 35.2 Å². The molecule has 1 atom stereocenters. The highest BCUT2D eigenvalue weighted by Crippen LogP contribution is 2.33. The number of carbonyl (C=O) groups excluding carboxylic acids is 2. The summed E-state index contributed by atoms with van der Waals surface area (Å²) in [5, 5.41) is 15.0. The average Bonchev–Trinajstić information content (AvgIpc) is 2.95. The second-order valence-corrected chi connectivity index (χ2v) is 8.54. The van der Waals surface area contributed by atoms with Crippen LogP contribution in [0.2, 0.25) is 0 Å². The number of rotatable bonds is 5. The van der Waals surface area contributed by atoms with Gasteiger partial charge in [0.2, 0.25) is 16.9 Å². The first-order chi connectivity index (χ1) is 12.4. The molecule has 2 amide bonds. The number of para-hydroxylation sites is 2. The molecule has 0 fully saturated rings. The zero-order valence-electron chi connectivity index (χ0n) is 14.9. The van der Waals surface area contributed by atoms with Gasteiger partial charge in [-0.15, -0.1) is 10.2 Å². The summed E-state index contributed by atoms with van der Waals surface area (Å²) in [4.78, 5) is 26.6. The lowest BCUT2D eigenvalue weighted by atomic mass is 10.2. The van der Waals surface area contributed by atoms with Crippen molar-refractivity contribution in [2.24, 2.45) is 0 Å². The van der Waals surface area contributed by atoms with Crippen LogP contribution >= 0.6 is 23.1 Å². The normalized spacial score (nSPS) is 16.8. The van der Waals surface area contributed by atoms with Gasteiger partial charge in [-0.25, -0.2) is 0 Å². The minimum Gasteiger partial charge on any atom is -0.358 e. The fourth-order valence-electron chi connectivity index (χ4n) is 2.73. The van der Waals surface area contributed by atoms with Crippen LogP contribution in [0.5, 0.6) is 0 Å². The highest BCUT2D eigenvalue weighted by atomic mass is 32.2. The maximum atomic E-state index is 12.9. The number of anilines is 3. The molecule has 2 N–H and O–H groups in total. The van der Waals surface area contributed by atoms with Gasteiger partial charge in [0.25, 0.3) is 0 Å². The zero-order valence-corrected chi connectivity index (χ0v) is 16.5. The smallest absolute Gasteiger partial charge is 0.237 e. The van der Waals surface area contributed by atoms with Crippen LogP contribution in [-0.4, -0.2) is 39.8 Å². The number of aromatic nitrogens is 2. The predicted molar refractivity (Wildman–Crippen MR) is 106 cm³/mol. The van der Waals surface area contributed by atoms with Crippen LogP contribution in [0.4, 0.5) is 16.5 Å². The summed E-state index contributed by atoms with van der Waals surface area (Å²) < 4.78 is 0.742. The molecule has 3 rings (SSSR count). The lowest BCUT2D eigenvalue weighted by Crippen LogP contribution is -2.40. The van der Waals surface area contributed by atoms with Gasteiger partial charge in [0.05, 0.1) is 17.1 Å². The fraction of sp³-hybridized carbons (Fsp3) is 0.412. The maximum absolute atomic E-state index is 12.9. The van der Waals surface area contributed by atoms with E-state index < -0.39 is 0 Å². The standard InChI is InChI=1S/C17H21N5O2S2/c1-10(2)18-16-20-21-17(26-16)25-9-15(24)22-11(3)8-14(23)19-12-6-4-5-7-13(12)22/h4-7,10-11H,8-9H2,1-3H3,(H,18,20)(H,19,23)/t11-/m1/s1. The molecule has 26 heavy (non-hydrogen) atoms. The molecule has 138 valence electrons. The van der Waals surface area contributed by atoms with Crippen molar-refractivity contribution in [3.8, 4) is 0 Å². The van der Waals surface area contributed by atoms with Gasteiger partial charge in [-0.2, -0.15) is 0 Å². The SMILES string of the molecule is CC(C)Nc1nnc(SCC(=O)N2c3ccccc3NC(=O)C[C@H]2C)s1. The van der Waals surface area contributed by atoms with Gasteiger partial charge in [0, 0.05) is 18.5 Å². The number of hydrogen-bond donors (Lipinski definition) is 2. The Balaban J connectivity index is 1.72. The van der Waals surface area contributed by atoms with Crippen LogP contribution in [0, 0.1) is 0 Å². The van der Waals surface area contributed by atoms with Crippen LogP contribution in [0.3, 0.4) is 0 Å². The van der Waals surface area contributed by atoms with Crippen molar-refractivity contribution in [2.75, 3.05) is 21.3 Å². The van der Waals surface area contributed by atoms with E-state index >= 15 is 0 Å². The van der Waals surface area contributed by atoms with E-state index in [-0.39, 0.29) is 36.1 Å². The summed E-state index contributed by atoms with van der Waals surface area (Å²) >= 11 is 2.80. The molecule has 0 aliphatic carbocycles. The topological polar surface area (TPSA) is 87.2 Å². The van der Waals surface area contributed by atoms with E-state index in [2.05, 4.69) is 20.8 Å². The number of nitrogens with one attached hydrogen (secondary N) is 2. The minimum atomic E-state index is -0.209. The summed E-state index contributed by atoms with van der Waals surface area (Å²) in [6, 6.07) is 7.45. The van der Waals surface area contributed by atoms with Crippen LogP contribution in [0.1, 0.15) is 27.2 Å². The lowest BCUT2D eigenvalue weighted by Gasteiger charge is -2.27. The molecule has 0 bridgehead atoms. The summed E-state index contributed by atoms with van der Waals surface area (Å²) in [6.07, 6.45) is 0.270. The molecule has 1 aliphatic heterocycles. The number of benzene rings is 1. The molecular weight excluding hydrogens is 370 g/mol. The second kappa shape index (κ2) is 8.05. The third-order valence-electron chi connectivity index (χ3n) is 3.77. The number of amides is 2. The van der Waals surface area contributed by atoms with Crippen molar-refractivity contribution in [2.45, 2.75) is 43.6 Å². The number of nitrogens with zero attached hydrogens (tertiary/aromatic N) is 3.